The second-order valence-corrected chi connectivity index (χ2v) is 11.5. The summed E-state index contributed by atoms with van der Waals surface area (Å²) in [7, 11) is 0. The van der Waals surface area contributed by atoms with Crippen LogP contribution < -0.4 is 14.8 Å². The lowest BCUT2D eigenvalue weighted by Gasteiger charge is -2.34. The van der Waals surface area contributed by atoms with Gasteiger partial charge in [-0.05, 0) is 40.2 Å². The molecule has 8 heteroatoms. The molecule has 2 aromatic rings. The summed E-state index contributed by atoms with van der Waals surface area (Å²) in [5.41, 5.74) is 1.97. The molecule has 0 aromatic heterocycles. The Morgan fingerprint density at radius 1 is 0.947 bits per heavy atom. The Kier molecular flexibility index (Phi) is 9.41. The van der Waals surface area contributed by atoms with Gasteiger partial charge in [0.15, 0.2) is 6.61 Å². The molecular formula is C30H40N2O6. The van der Waals surface area contributed by atoms with E-state index < -0.39 is 12.0 Å². The number of hydrogen-bond donors (Lipinski definition) is 1. The minimum Gasteiger partial charge on any atom is -0.490 e. The van der Waals surface area contributed by atoms with Crippen LogP contribution in [0.4, 0.5) is 0 Å². The molecule has 0 bridgehead atoms. The van der Waals surface area contributed by atoms with E-state index in [1.165, 1.54) is 10.5 Å². The van der Waals surface area contributed by atoms with Gasteiger partial charge in [-0.25, -0.2) is 0 Å². The third-order valence-electron chi connectivity index (χ3n) is 6.37. The van der Waals surface area contributed by atoms with Crippen molar-refractivity contribution in [3.8, 4) is 11.5 Å². The maximum Gasteiger partial charge on any atom is 0.308 e. The van der Waals surface area contributed by atoms with Gasteiger partial charge in [0.1, 0.15) is 30.8 Å². The van der Waals surface area contributed by atoms with Crippen LogP contribution in [-0.4, -0.2) is 61.6 Å². The molecular weight excluding hydrogens is 484 g/mol. The van der Waals surface area contributed by atoms with Gasteiger partial charge in [-0.2, -0.15) is 0 Å². The van der Waals surface area contributed by atoms with E-state index in [1.54, 1.807) is 0 Å². The van der Waals surface area contributed by atoms with E-state index in [9.17, 15) is 14.4 Å². The smallest absolute Gasteiger partial charge is 0.308 e. The quantitative estimate of drug-likeness (QED) is 0.394. The van der Waals surface area contributed by atoms with E-state index in [1.807, 2.05) is 42.5 Å². The molecule has 3 rings (SSSR count). The van der Waals surface area contributed by atoms with Crippen molar-refractivity contribution in [1.82, 2.24) is 10.2 Å². The highest BCUT2D eigenvalue weighted by atomic mass is 16.6. The molecule has 206 valence electrons. The topological polar surface area (TPSA) is 94.2 Å². The van der Waals surface area contributed by atoms with Crippen LogP contribution in [0.3, 0.4) is 0 Å². The largest absolute Gasteiger partial charge is 0.490 e. The third kappa shape index (κ3) is 7.97. The molecule has 2 aromatic carbocycles. The Morgan fingerprint density at radius 3 is 2.32 bits per heavy atom. The van der Waals surface area contributed by atoms with Crippen molar-refractivity contribution in [2.24, 2.45) is 0 Å². The standard InChI is InChI=1S/C30H40N2O6/c1-29(2,3)21-12-13-25(23(18-21)30(4,5)6)38-20-26(33)32-15-14-31-28(35)24(32)19-27(34)37-17-16-36-22-10-8-7-9-11-22/h7-13,18,24H,14-17,19-20H2,1-6H3,(H,31,35). The first-order chi connectivity index (χ1) is 17.9. The first-order valence-electron chi connectivity index (χ1n) is 13.0. The molecule has 38 heavy (non-hydrogen) atoms. The second-order valence-electron chi connectivity index (χ2n) is 11.5. The molecule has 8 nitrogen and oxygen atoms in total. The van der Waals surface area contributed by atoms with Gasteiger partial charge in [-0.15, -0.1) is 0 Å². The van der Waals surface area contributed by atoms with E-state index in [-0.39, 0.29) is 55.4 Å². The fourth-order valence-corrected chi connectivity index (χ4v) is 4.20. The number of piperazine rings is 1. The number of para-hydroxylation sites is 1. The number of amides is 2. The summed E-state index contributed by atoms with van der Waals surface area (Å²) in [6.45, 7) is 13.4. The van der Waals surface area contributed by atoms with Gasteiger partial charge in [-0.1, -0.05) is 71.9 Å². The summed E-state index contributed by atoms with van der Waals surface area (Å²) in [4.78, 5) is 39.6. The number of ether oxygens (including phenoxy) is 3. The number of esters is 1. The summed E-state index contributed by atoms with van der Waals surface area (Å²) >= 11 is 0. The Labute approximate surface area is 225 Å². The molecule has 0 aliphatic carbocycles. The zero-order valence-electron chi connectivity index (χ0n) is 23.3. The van der Waals surface area contributed by atoms with Crippen molar-refractivity contribution in [1.29, 1.82) is 0 Å². The van der Waals surface area contributed by atoms with Gasteiger partial charge in [-0.3, -0.25) is 14.4 Å². The predicted octanol–water partition coefficient (Wildman–Crippen LogP) is 4.00. The van der Waals surface area contributed by atoms with Crippen molar-refractivity contribution in [2.75, 3.05) is 32.9 Å². The summed E-state index contributed by atoms with van der Waals surface area (Å²) in [6, 6.07) is 14.3. The van der Waals surface area contributed by atoms with Crippen molar-refractivity contribution >= 4 is 17.8 Å². The molecule has 1 saturated heterocycles. The lowest BCUT2D eigenvalue weighted by atomic mass is 9.80. The maximum atomic E-state index is 13.2. The molecule has 1 aliphatic heterocycles. The molecule has 0 radical (unpaired) electrons. The van der Waals surface area contributed by atoms with Crippen LogP contribution in [0.15, 0.2) is 48.5 Å². The van der Waals surface area contributed by atoms with E-state index in [2.05, 4.69) is 52.9 Å². The number of nitrogens with zero attached hydrogens (tertiary/aromatic N) is 1. The van der Waals surface area contributed by atoms with Gasteiger partial charge in [0.25, 0.3) is 5.91 Å². The Balaban J connectivity index is 1.60. The molecule has 1 unspecified atom stereocenters. The van der Waals surface area contributed by atoms with Gasteiger partial charge >= 0.3 is 5.97 Å². The highest BCUT2D eigenvalue weighted by molar-refractivity contribution is 5.92. The van der Waals surface area contributed by atoms with Crippen LogP contribution >= 0.6 is 0 Å². The summed E-state index contributed by atoms with van der Waals surface area (Å²) in [5.74, 6) is -0.00337. The molecule has 0 saturated carbocycles. The number of rotatable bonds is 9. The van der Waals surface area contributed by atoms with Crippen molar-refractivity contribution < 1.29 is 28.6 Å². The molecule has 0 spiro atoms. The van der Waals surface area contributed by atoms with E-state index >= 15 is 0 Å². The molecule has 1 heterocycles. The Bertz CT molecular complexity index is 1120. The van der Waals surface area contributed by atoms with Crippen LogP contribution in [0.2, 0.25) is 0 Å². The van der Waals surface area contributed by atoms with Gasteiger partial charge in [0.2, 0.25) is 5.91 Å². The van der Waals surface area contributed by atoms with E-state index in [0.717, 1.165) is 5.56 Å². The van der Waals surface area contributed by atoms with Crippen LogP contribution in [0.5, 0.6) is 11.5 Å². The normalized spacial score (nSPS) is 16.0. The number of benzene rings is 2. The lowest BCUT2D eigenvalue weighted by molar-refractivity contribution is -0.152. The third-order valence-corrected chi connectivity index (χ3v) is 6.37. The van der Waals surface area contributed by atoms with Crippen LogP contribution in [0.25, 0.3) is 0 Å². The molecule has 1 atom stereocenters. The molecule has 1 fully saturated rings. The van der Waals surface area contributed by atoms with Gasteiger partial charge in [0, 0.05) is 13.1 Å². The predicted molar refractivity (Wildman–Crippen MR) is 145 cm³/mol. The second kappa shape index (κ2) is 12.3. The molecule has 1 aliphatic rings. The van der Waals surface area contributed by atoms with Crippen LogP contribution in [0.1, 0.15) is 59.1 Å². The summed E-state index contributed by atoms with van der Waals surface area (Å²) < 4.78 is 16.8. The van der Waals surface area contributed by atoms with Crippen LogP contribution in [-0.2, 0) is 30.0 Å². The van der Waals surface area contributed by atoms with Gasteiger partial charge < -0.3 is 24.4 Å². The highest BCUT2D eigenvalue weighted by Gasteiger charge is 2.35. The number of carbonyl (C=O) groups excluding carboxylic acids is 3. The number of nitrogens with one attached hydrogen (secondary N) is 1. The van der Waals surface area contributed by atoms with Crippen molar-refractivity contribution in [2.45, 2.75) is 64.8 Å². The highest BCUT2D eigenvalue weighted by Crippen LogP contribution is 2.35. The van der Waals surface area contributed by atoms with Crippen LogP contribution in [0, 0.1) is 0 Å². The molecule has 1 N–H and O–H groups in total. The van der Waals surface area contributed by atoms with Crippen molar-refractivity contribution in [3.05, 3.63) is 59.7 Å². The number of carbonyl (C=O) groups is 3. The average molecular weight is 525 g/mol. The summed E-state index contributed by atoms with van der Waals surface area (Å²) in [6.07, 6.45) is -0.240. The minimum absolute atomic E-state index is 0.0228. The fraction of sp³-hybridized carbons (Fsp3) is 0.500. The van der Waals surface area contributed by atoms with Crippen molar-refractivity contribution in [3.63, 3.8) is 0 Å². The van der Waals surface area contributed by atoms with E-state index in [4.69, 9.17) is 14.2 Å². The first-order valence-corrected chi connectivity index (χ1v) is 13.0. The van der Waals surface area contributed by atoms with E-state index in [0.29, 0.717) is 18.0 Å². The maximum absolute atomic E-state index is 13.2. The zero-order chi connectivity index (χ0) is 27.9. The molecule has 2 amide bonds. The zero-order valence-corrected chi connectivity index (χ0v) is 23.3. The van der Waals surface area contributed by atoms with Gasteiger partial charge in [0.05, 0.1) is 6.42 Å². The Hall–Kier alpha value is -3.55. The number of hydrogen-bond acceptors (Lipinski definition) is 6. The fourth-order valence-electron chi connectivity index (χ4n) is 4.20. The average Bonchev–Trinajstić information content (AvgIpc) is 2.86. The summed E-state index contributed by atoms with van der Waals surface area (Å²) in [5, 5.41) is 2.73. The Morgan fingerprint density at radius 2 is 1.66 bits per heavy atom. The minimum atomic E-state index is -0.951. The lowest BCUT2D eigenvalue weighted by Crippen LogP contribution is -2.58. The monoisotopic (exact) mass is 524 g/mol. The SMILES string of the molecule is CC(C)(C)c1ccc(OCC(=O)N2CCNC(=O)C2CC(=O)OCCOc2ccccc2)c(C(C)(C)C)c1. The first kappa shape index (κ1) is 29.0.